The number of carboxylic acids is 1. The van der Waals surface area contributed by atoms with Gasteiger partial charge in [-0.2, -0.15) is 0 Å². The molecule has 0 aliphatic carbocycles. The Labute approximate surface area is 168 Å². The Bertz CT molecular complexity index is 1180. The second kappa shape index (κ2) is 6.62. The molecule has 0 bridgehead atoms. The zero-order valence-electron chi connectivity index (χ0n) is 15.9. The number of phenols is 1. The average Bonchev–Trinajstić information content (AvgIpc) is 2.74. The third kappa shape index (κ3) is 2.77. The number of ketones is 1. The van der Waals surface area contributed by atoms with Crippen molar-refractivity contribution in [2.75, 3.05) is 18.0 Å². The zero-order valence-corrected chi connectivity index (χ0v) is 15.9. The van der Waals surface area contributed by atoms with Gasteiger partial charge in [-0.25, -0.2) is 4.79 Å². The smallest absolute Gasteiger partial charge is 0.336 e. The fourth-order valence-corrected chi connectivity index (χ4v) is 4.77. The number of fused-ring (bicyclic) bond motifs is 1. The number of aromatic carboxylic acids is 1. The van der Waals surface area contributed by atoms with Gasteiger partial charge in [0.2, 0.25) is 0 Å². The van der Waals surface area contributed by atoms with Gasteiger partial charge in [0.25, 0.3) is 0 Å². The highest BCUT2D eigenvalue weighted by atomic mass is 16.4. The minimum absolute atomic E-state index is 0.00449. The molecular formula is C24H21NO4. The van der Waals surface area contributed by atoms with Crippen molar-refractivity contribution >= 4 is 28.2 Å². The molecule has 0 spiro atoms. The summed E-state index contributed by atoms with van der Waals surface area (Å²) in [7, 11) is 0. The Morgan fingerprint density at radius 1 is 0.862 bits per heavy atom. The average molecular weight is 387 g/mol. The van der Waals surface area contributed by atoms with Crippen LogP contribution >= 0.6 is 0 Å². The lowest BCUT2D eigenvalue weighted by atomic mass is 9.86. The molecule has 5 heteroatoms. The molecule has 5 nitrogen and oxygen atoms in total. The van der Waals surface area contributed by atoms with Gasteiger partial charge in [0, 0.05) is 29.9 Å². The number of carbonyl (C=O) groups excluding carboxylic acids is 1. The number of anilines is 1. The molecule has 0 saturated carbocycles. The van der Waals surface area contributed by atoms with E-state index in [4.69, 9.17) is 0 Å². The van der Waals surface area contributed by atoms with Crippen molar-refractivity contribution in [2.45, 2.75) is 25.7 Å². The number of rotatable bonds is 3. The topological polar surface area (TPSA) is 77.8 Å². The van der Waals surface area contributed by atoms with Crippen LogP contribution in [0.1, 0.15) is 50.2 Å². The van der Waals surface area contributed by atoms with E-state index in [0.717, 1.165) is 66.4 Å². The minimum atomic E-state index is -1.15. The van der Waals surface area contributed by atoms with Crippen LogP contribution in [0, 0.1) is 0 Å². The third-order valence-corrected chi connectivity index (χ3v) is 6.10. The standard InChI is InChI=1S/C24H21NO4/c26-22-17-8-4-10-25-9-3-7-16(21(17)25)13-20(22)23(27)18-11-14-5-1-2-6-15(14)12-19(18)24(28)29/h1-2,5-6,11-13,26H,3-4,7-10H2,(H,28,29). The van der Waals surface area contributed by atoms with E-state index < -0.39 is 11.8 Å². The van der Waals surface area contributed by atoms with Crippen LogP contribution in [0.2, 0.25) is 0 Å². The van der Waals surface area contributed by atoms with Crippen molar-refractivity contribution in [2.24, 2.45) is 0 Å². The summed E-state index contributed by atoms with van der Waals surface area (Å²) in [5, 5.41) is 22.2. The summed E-state index contributed by atoms with van der Waals surface area (Å²) in [4.78, 5) is 27.6. The molecule has 2 heterocycles. The third-order valence-electron chi connectivity index (χ3n) is 6.10. The number of carbonyl (C=O) groups is 2. The summed E-state index contributed by atoms with van der Waals surface area (Å²) in [5.74, 6) is -1.58. The Kier molecular flexibility index (Phi) is 4.05. The van der Waals surface area contributed by atoms with E-state index in [1.54, 1.807) is 12.1 Å². The maximum absolute atomic E-state index is 13.5. The first kappa shape index (κ1) is 17.7. The molecule has 0 amide bonds. The number of hydrogen-bond donors (Lipinski definition) is 2. The van der Waals surface area contributed by atoms with Gasteiger partial charge >= 0.3 is 5.97 Å². The van der Waals surface area contributed by atoms with Crippen molar-refractivity contribution in [3.05, 3.63) is 70.3 Å². The summed E-state index contributed by atoms with van der Waals surface area (Å²) >= 11 is 0. The van der Waals surface area contributed by atoms with Crippen molar-refractivity contribution in [3.8, 4) is 5.75 Å². The highest BCUT2D eigenvalue weighted by Crippen LogP contribution is 2.42. The fraction of sp³-hybridized carbons (Fsp3) is 0.250. The Hall–Kier alpha value is -3.34. The Morgan fingerprint density at radius 2 is 1.52 bits per heavy atom. The van der Waals surface area contributed by atoms with Gasteiger partial charge < -0.3 is 15.1 Å². The summed E-state index contributed by atoms with van der Waals surface area (Å²) in [6.45, 7) is 1.95. The molecule has 3 aromatic rings. The second-order valence-corrected chi connectivity index (χ2v) is 7.83. The first-order valence-corrected chi connectivity index (χ1v) is 9.98. The van der Waals surface area contributed by atoms with Crippen molar-refractivity contribution in [3.63, 3.8) is 0 Å². The maximum atomic E-state index is 13.5. The van der Waals surface area contributed by atoms with Crippen LogP contribution in [0.3, 0.4) is 0 Å². The van der Waals surface area contributed by atoms with E-state index in [1.807, 2.05) is 24.3 Å². The summed E-state index contributed by atoms with van der Waals surface area (Å²) in [6.07, 6.45) is 3.55. The largest absolute Gasteiger partial charge is 0.507 e. The van der Waals surface area contributed by atoms with Crippen molar-refractivity contribution in [1.29, 1.82) is 0 Å². The lowest BCUT2D eigenvalue weighted by Gasteiger charge is -2.37. The highest BCUT2D eigenvalue weighted by Gasteiger charge is 2.30. The molecule has 146 valence electrons. The molecule has 0 radical (unpaired) electrons. The van der Waals surface area contributed by atoms with Crippen LogP contribution in [-0.4, -0.2) is 35.1 Å². The Morgan fingerprint density at radius 3 is 2.21 bits per heavy atom. The van der Waals surface area contributed by atoms with Crippen LogP contribution in [0.15, 0.2) is 42.5 Å². The molecule has 5 rings (SSSR count). The van der Waals surface area contributed by atoms with E-state index in [9.17, 15) is 19.8 Å². The number of phenolic OH excluding ortho intramolecular Hbond substituents is 1. The molecule has 2 aliphatic heterocycles. The lowest BCUT2D eigenvalue weighted by molar-refractivity contribution is 0.0693. The number of aryl methyl sites for hydroxylation is 1. The fourth-order valence-electron chi connectivity index (χ4n) is 4.77. The quantitative estimate of drug-likeness (QED) is 0.660. The number of hydrogen-bond acceptors (Lipinski definition) is 4. The Balaban J connectivity index is 1.71. The van der Waals surface area contributed by atoms with Gasteiger partial charge in [-0.1, -0.05) is 24.3 Å². The first-order chi connectivity index (χ1) is 14.0. The van der Waals surface area contributed by atoms with E-state index >= 15 is 0 Å². The zero-order chi connectivity index (χ0) is 20.1. The minimum Gasteiger partial charge on any atom is -0.507 e. The summed E-state index contributed by atoms with van der Waals surface area (Å²) in [6, 6.07) is 12.3. The monoisotopic (exact) mass is 387 g/mol. The van der Waals surface area contributed by atoms with Crippen LogP contribution in [0.5, 0.6) is 5.75 Å². The molecule has 0 aromatic heterocycles. The van der Waals surface area contributed by atoms with Gasteiger partial charge in [-0.05, 0) is 60.2 Å². The number of aromatic hydroxyl groups is 1. The number of benzene rings is 3. The predicted octanol–water partition coefficient (Wildman–Crippen LogP) is 4.17. The number of nitrogens with zero attached hydrogens (tertiary/aromatic N) is 1. The van der Waals surface area contributed by atoms with Crippen molar-refractivity contribution < 1.29 is 19.8 Å². The lowest BCUT2D eigenvalue weighted by Crippen LogP contribution is -2.34. The van der Waals surface area contributed by atoms with Crippen LogP contribution in [0.4, 0.5) is 5.69 Å². The second-order valence-electron chi connectivity index (χ2n) is 7.83. The van der Waals surface area contributed by atoms with E-state index in [-0.39, 0.29) is 22.4 Å². The maximum Gasteiger partial charge on any atom is 0.336 e. The van der Waals surface area contributed by atoms with Crippen LogP contribution < -0.4 is 4.90 Å². The molecule has 0 fully saturated rings. The van der Waals surface area contributed by atoms with E-state index in [2.05, 4.69) is 4.90 Å². The molecule has 2 aliphatic rings. The molecule has 2 N–H and O–H groups in total. The SMILES string of the molecule is O=C(O)c1cc2ccccc2cc1C(=O)c1cc2c3c(c1O)CCCN3CCC2. The van der Waals surface area contributed by atoms with Gasteiger partial charge in [-0.15, -0.1) is 0 Å². The highest BCUT2D eigenvalue weighted by molar-refractivity contribution is 6.18. The van der Waals surface area contributed by atoms with Crippen LogP contribution in [0.25, 0.3) is 10.8 Å². The predicted molar refractivity (Wildman–Crippen MR) is 111 cm³/mol. The van der Waals surface area contributed by atoms with E-state index in [1.165, 1.54) is 6.07 Å². The molecule has 29 heavy (non-hydrogen) atoms. The molecule has 0 atom stereocenters. The normalized spacial score (nSPS) is 15.2. The summed E-state index contributed by atoms with van der Waals surface area (Å²) in [5.41, 5.74) is 3.26. The molecule has 0 unspecified atom stereocenters. The van der Waals surface area contributed by atoms with Gasteiger partial charge in [0.05, 0.1) is 11.1 Å². The van der Waals surface area contributed by atoms with Gasteiger partial charge in [0.1, 0.15) is 5.75 Å². The van der Waals surface area contributed by atoms with Crippen molar-refractivity contribution in [1.82, 2.24) is 0 Å². The van der Waals surface area contributed by atoms with Crippen LogP contribution in [-0.2, 0) is 12.8 Å². The first-order valence-electron chi connectivity index (χ1n) is 9.98. The number of carboxylic acid groups (broad SMARTS) is 1. The van der Waals surface area contributed by atoms with E-state index in [0.29, 0.717) is 0 Å². The molecule has 0 saturated heterocycles. The molecular weight excluding hydrogens is 366 g/mol. The van der Waals surface area contributed by atoms with Gasteiger partial charge in [-0.3, -0.25) is 4.79 Å². The van der Waals surface area contributed by atoms with Gasteiger partial charge in [0.15, 0.2) is 5.78 Å². The summed E-state index contributed by atoms with van der Waals surface area (Å²) < 4.78 is 0. The molecule has 3 aromatic carbocycles.